The number of hydrogen-bond donors (Lipinski definition) is 0. The standard InChI is InChI=1S/C27H31ClN2OS.ClH/c1-2-3-6-22(25(19-31)26-20-32-27-8-5-4-7-24(26)27)18-30-15-13-29(14-16-30)17-21-9-11-23(28)12-10-21;/h4-5,7-12,20,22H,2-3,6,13-18H2,1H3;1H. The van der Waals surface area contributed by atoms with Crippen molar-refractivity contribution in [2.24, 2.45) is 5.92 Å². The van der Waals surface area contributed by atoms with Crippen molar-refractivity contribution in [1.29, 1.82) is 0 Å². The molecule has 1 atom stereocenters. The van der Waals surface area contributed by atoms with Gasteiger partial charge in [-0.2, -0.15) is 0 Å². The van der Waals surface area contributed by atoms with Gasteiger partial charge in [-0.15, -0.1) is 23.7 Å². The van der Waals surface area contributed by atoms with Crippen LogP contribution in [0, 0.1) is 5.92 Å². The molecule has 3 nitrogen and oxygen atoms in total. The first-order valence-electron chi connectivity index (χ1n) is 11.6. The normalized spacial score (nSPS) is 15.7. The number of fused-ring (bicyclic) bond motifs is 1. The first-order valence-corrected chi connectivity index (χ1v) is 12.8. The maximum Gasteiger partial charge on any atom is 0.128 e. The second-order valence-electron chi connectivity index (χ2n) is 8.70. The van der Waals surface area contributed by atoms with E-state index in [-0.39, 0.29) is 18.3 Å². The Balaban J connectivity index is 0.00000306. The van der Waals surface area contributed by atoms with Gasteiger partial charge in [0, 0.05) is 76.8 Å². The molecule has 0 amide bonds. The molecule has 1 fully saturated rings. The zero-order valence-corrected chi connectivity index (χ0v) is 21.5. The Kier molecular flexibility index (Phi) is 10.0. The number of carbonyl (C=O) groups excluding carboxylic acids is 1. The molecule has 3 aromatic rings. The van der Waals surface area contributed by atoms with Crippen LogP contribution in [0.3, 0.4) is 0 Å². The minimum absolute atomic E-state index is 0. The minimum atomic E-state index is 0. The first kappa shape index (κ1) is 26.0. The van der Waals surface area contributed by atoms with Gasteiger partial charge in [-0.3, -0.25) is 4.90 Å². The zero-order chi connectivity index (χ0) is 22.3. The van der Waals surface area contributed by atoms with E-state index in [1.54, 1.807) is 11.3 Å². The summed E-state index contributed by atoms with van der Waals surface area (Å²) in [4.78, 5) is 17.2. The summed E-state index contributed by atoms with van der Waals surface area (Å²) in [5.41, 5.74) is 3.25. The molecule has 1 unspecified atom stereocenters. The van der Waals surface area contributed by atoms with Crippen LogP contribution < -0.4 is 0 Å². The van der Waals surface area contributed by atoms with Crippen molar-refractivity contribution in [2.75, 3.05) is 32.7 Å². The van der Waals surface area contributed by atoms with Gasteiger partial charge in [0.1, 0.15) is 5.94 Å². The van der Waals surface area contributed by atoms with Crippen molar-refractivity contribution in [3.8, 4) is 0 Å². The summed E-state index contributed by atoms with van der Waals surface area (Å²) in [6.07, 6.45) is 3.31. The average molecular weight is 504 g/mol. The lowest BCUT2D eigenvalue weighted by molar-refractivity contribution is 0.118. The number of piperazine rings is 1. The van der Waals surface area contributed by atoms with Crippen LogP contribution >= 0.6 is 35.3 Å². The molecule has 0 saturated carbocycles. The number of rotatable bonds is 9. The third-order valence-corrected chi connectivity index (χ3v) is 7.67. The zero-order valence-electron chi connectivity index (χ0n) is 19.1. The Morgan fingerprint density at radius 1 is 1.06 bits per heavy atom. The molecule has 4 rings (SSSR count). The van der Waals surface area contributed by atoms with Gasteiger partial charge in [0.05, 0.1) is 0 Å². The quantitative estimate of drug-likeness (QED) is 0.300. The van der Waals surface area contributed by atoms with Crippen molar-refractivity contribution in [3.05, 3.63) is 70.1 Å². The van der Waals surface area contributed by atoms with Gasteiger partial charge in [-0.05, 0) is 30.2 Å². The van der Waals surface area contributed by atoms with E-state index in [2.05, 4.69) is 64.4 Å². The average Bonchev–Trinajstić information content (AvgIpc) is 3.24. The number of unbranched alkanes of at least 4 members (excludes halogenated alkanes) is 1. The van der Waals surface area contributed by atoms with Crippen molar-refractivity contribution in [1.82, 2.24) is 9.80 Å². The molecule has 33 heavy (non-hydrogen) atoms. The SMILES string of the molecule is CCCCC(CN1CCN(Cc2ccc(Cl)cc2)CC1)C(=C=O)c1csc2ccccc12.Cl. The van der Waals surface area contributed by atoms with Gasteiger partial charge in [-0.25, -0.2) is 4.79 Å². The Morgan fingerprint density at radius 3 is 2.45 bits per heavy atom. The summed E-state index contributed by atoms with van der Waals surface area (Å²) in [5, 5.41) is 4.12. The predicted molar refractivity (Wildman–Crippen MR) is 144 cm³/mol. The lowest BCUT2D eigenvalue weighted by atomic mass is 9.88. The largest absolute Gasteiger partial charge is 0.300 e. The molecule has 0 aliphatic carbocycles. The van der Waals surface area contributed by atoms with E-state index in [4.69, 9.17) is 11.6 Å². The molecule has 6 heteroatoms. The van der Waals surface area contributed by atoms with Crippen LogP contribution in [-0.2, 0) is 11.3 Å². The van der Waals surface area contributed by atoms with Crippen LogP contribution in [0.2, 0.25) is 5.02 Å². The Bertz CT molecular complexity index is 1070. The maximum atomic E-state index is 12.2. The molecule has 0 radical (unpaired) electrons. The van der Waals surface area contributed by atoms with E-state index >= 15 is 0 Å². The van der Waals surface area contributed by atoms with Crippen molar-refractivity contribution < 1.29 is 4.79 Å². The van der Waals surface area contributed by atoms with Gasteiger partial charge < -0.3 is 4.90 Å². The fraction of sp³-hybridized carbons (Fsp3) is 0.407. The molecule has 1 saturated heterocycles. The smallest absolute Gasteiger partial charge is 0.128 e. The second-order valence-corrected chi connectivity index (χ2v) is 10.1. The second kappa shape index (κ2) is 12.7. The van der Waals surface area contributed by atoms with Gasteiger partial charge in [-0.1, -0.05) is 61.7 Å². The number of thiophene rings is 1. The predicted octanol–water partition coefficient (Wildman–Crippen LogP) is 6.82. The van der Waals surface area contributed by atoms with Gasteiger partial charge in [0.25, 0.3) is 0 Å². The molecule has 0 bridgehead atoms. The highest BCUT2D eigenvalue weighted by molar-refractivity contribution is 7.17. The lowest BCUT2D eigenvalue weighted by Crippen LogP contribution is -2.47. The molecule has 1 aromatic heterocycles. The molecule has 1 aliphatic rings. The van der Waals surface area contributed by atoms with E-state index in [1.165, 1.54) is 15.6 Å². The fourth-order valence-corrected chi connectivity index (χ4v) is 5.70. The summed E-state index contributed by atoms with van der Waals surface area (Å²) in [6, 6.07) is 16.5. The Hall–Kier alpha value is -1.65. The van der Waals surface area contributed by atoms with Gasteiger partial charge in [0.2, 0.25) is 0 Å². The summed E-state index contributed by atoms with van der Waals surface area (Å²) in [7, 11) is 0. The molecule has 2 heterocycles. The van der Waals surface area contributed by atoms with E-state index in [0.29, 0.717) is 0 Å². The van der Waals surface area contributed by atoms with E-state index in [0.717, 1.165) is 74.7 Å². The molecular weight excluding hydrogens is 471 g/mol. The molecule has 2 aromatic carbocycles. The van der Waals surface area contributed by atoms with Crippen LogP contribution in [0.1, 0.15) is 37.3 Å². The van der Waals surface area contributed by atoms with Crippen molar-refractivity contribution >= 4 is 56.9 Å². The van der Waals surface area contributed by atoms with E-state index < -0.39 is 0 Å². The Labute approximate surface area is 212 Å². The molecule has 0 spiro atoms. The third-order valence-electron chi connectivity index (χ3n) is 6.46. The van der Waals surface area contributed by atoms with Crippen LogP contribution in [0.15, 0.2) is 53.9 Å². The number of hydrogen-bond acceptors (Lipinski definition) is 4. The van der Waals surface area contributed by atoms with Crippen LogP contribution in [0.5, 0.6) is 0 Å². The number of halogens is 2. The van der Waals surface area contributed by atoms with Crippen molar-refractivity contribution in [3.63, 3.8) is 0 Å². The lowest BCUT2D eigenvalue weighted by Gasteiger charge is -2.36. The van der Waals surface area contributed by atoms with Gasteiger partial charge >= 0.3 is 0 Å². The highest BCUT2D eigenvalue weighted by Gasteiger charge is 2.25. The van der Waals surface area contributed by atoms with E-state index in [1.807, 2.05) is 12.1 Å². The maximum absolute atomic E-state index is 12.2. The number of nitrogens with zero attached hydrogens (tertiary/aromatic N) is 2. The third kappa shape index (κ3) is 6.70. The van der Waals surface area contributed by atoms with E-state index in [9.17, 15) is 4.79 Å². The topological polar surface area (TPSA) is 23.6 Å². The van der Waals surface area contributed by atoms with Crippen LogP contribution in [0.4, 0.5) is 0 Å². The summed E-state index contributed by atoms with van der Waals surface area (Å²) < 4.78 is 1.24. The molecular formula is C27H32Cl2N2OS. The molecule has 0 N–H and O–H groups in total. The minimum Gasteiger partial charge on any atom is -0.300 e. The highest BCUT2D eigenvalue weighted by Crippen LogP contribution is 2.35. The monoisotopic (exact) mass is 502 g/mol. The highest BCUT2D eigenvalue weighted by atomic mass is 35.5. The van der Waals surface area contributed by atoms with Gasteiger partial charge in [0.15, 0.2) is 0 Å². The van der Waals surface area contributed by atoms with Crippen LogP contribution in [-0.4, -0.2) is 48.5 Å². The summed E-state index contributed by atoms with van der Waals surface area (Å²) >= 11 is 7.73. The molecule has 176 valence electrons. The number of benzene rings is 2. The Morgan fingerprint density at radius 2 is 1.76 bits per heavy atom. The molecule has 1 aliphatic heterocycles. The summed E-state index contributed by atoms with van der Waals surface area (Å²) in [5.74, 6) is 2.60. The summed E-state index contributed by atoms with van der Waals surface area (Å²) in [6.45, 7) is 8.28. The fourth-order valence-electron chi connectivity index (χ4n) is 4.61. The van der Waals surface area contributed by atoms with Crippen LogP contribution in [0.25, 0.3) is 15.7 Å². The van der Waals surface area contributed by atoms with Crippen molar-refractivity contribution in [2.45, 2.75) is 32.7 Å². The first-order chi connectivity index (χ1) is 15.7.